The number of carbonyl (C=O) groups is 1. The molecule has 1 amide bonds. The lowest BCUT2D eigenvalue weighted by Crippen LogP contribution is -2.48. The molecule has 2 aliphatic heterocycles. The fourth-order valence-electron chi connectivity index (χ4n) is 4.93. The highest BCUT2D eigenvalue weighted by atomic mass is 35.5. The van der Waals surface area contributed by atoms with E-state index in [2.05, 4.69) is 29.2 Å². The number of nitrogens with zero attached hydrogens (tertiary/aromatic N) is 2. The molecule has 0 aliphatic carbocycles. The summed E-state index contributed by atoms with van der Waals surface area (Å²) in [6, 6.07) is 23.5. The van der Waals surface area contributed by atoms with Gasteiger partial charge in [0.15, 0.2) is 5.79 Å². The molecule has 0 unspecified atom stereocenters. The number of ether oxygens (including phenoxy) is 3. The van der Waals surface area contributed by atoms with Crippen LogP contribution in [0.5, 0.6) is 5.75 Å². The number of piperazine rings is 1. The number of halogens is 2. The minimum absolute atomic E-state index is 0.223. The SMILES string of the molecule is C[C@]1(c2ccc(Cl)cc2Cl)OC[C@@H](COc2ccc(N3CCN(C(=O)CCc4ccccc4)CC3)cc2)O1. The quantitative estimate of drug-likeness (QED) is 0.344. The summed E-state index contributed by atoms with van der Waals surface area (Å²) in [4.78, 5) is 16.9. The lowest BCUT2D eigenvalue weighted by Gasteiger charge is -2.36. The third-order valence-electron chi connectivity index (χ3n) is 7.10. The van der Waals surface area contributed by atoms with Crippen LogP contribution in [0.25, 0.3) is 0 Å². The Hall–Kier alpha value is -2.77. The molecule has 2 saturated heterocycles. The zero-order valence-corrected chi connectivity index (χ0v) is 23.0. The third kappa shape index (κ3) is 6.44. The molecule has 3 aromatic carbocycles. The maximum Gasteiger partial charge on any atom is 0.223 e. The van der Waals surface area contributed by atoms with Crippen LogP contribution >= 0.6 is 23.2 Å². The summed E-state index contributed by atoms with van der Waals surface area (Å²) in [5.74, 6) is 0.0555. The van der Waals surface area contributed by atoms with Crippen molar-refractivity contribution in [2.75, 3.05) is 44.3 Å². The van der Waals surface area contributed by atoms with E-state index in [0.29, 0.717) is 29.7 Å². The van der Waals surface area contributed by atoms with Crippen molar-refractivity contribution >= 4 is 34.8 Å². The minimum Gasteiger partial charge on any atom is -0.491 e. The molecule has 6 nitrogen and oxygen atoms in total. The molecule has 200 valence electrons. The largest absolute Gasteiger partial charge is 0.491 e. The molecule has 38 heavy (non-hydrogen) atoms. The Kier molecular flexibility index (Phi) is 8.44. The molecule has 2 heterocycles. The summed E-state index contributed by atoms with van der Waals surface area (Å²) in [6.45, 7) is 5.73. The first-order chi connectivity index (χ1) is 18.4. The molecular formula is C30H32Cl2N2O4. The molecule has 0 radical (unpaired) electrons. The number of amides is 1. The third-order valence-corrected chi connectivity index (χ3v) is 7.64. The van der Waals surface area contributed by atoms with Gasteiger partial charge < -0.3 is 24.0 Å². The topological polar surface area (TPSA) is 51.2 Å². The molecule has 5 rings (SSSR count). The maximum absolute atomic E-state index is 12.7. The first-order valence-corrected chi connectivity index (χ1v) is 13.7. The number of benzene rings is 3. The van der Waals surface area contributed by atoms with Gasteiger partial charge in [-0.25, -0.2) is 0 Å². The van der Waals surface area contributed by atoms with E-state index in [-0.39, 0.29) is 12.0 Å². The van der Waals surface area contributed by atoms with Crippen LogP contribution in [0.15, 0.2) is 72.8 Å². The van der Waals surface area contributed by atoms with E-state index in [4.69, 9.17) is 37.4 Å². The van der Waals surface area contributed by atoms with Crippen molar-refractivity contribution < 1.29 is 19.0 Å². The standard InChI is InChI=1S/C30H32Cl2N2O4/c1-30(27-13-8-23(31)19-28(27)32)37-21-26(38-30)20-36-25-11-9-24(10-12-25)33-15-17-34(18-16-33)29(35)14-7-22-5-3-2-4-6-22/h2-6,8-13,19,26H,7,14-18,20-21H2,1H3/t26-,30+/m1/s1. The van der Waals surface area contributed by atoms with E-state index < -0.39 is 5.79 Å². The Balaban J connectivity index is 1.07. The predicted molar refractivity (Wildman–Crippen MR) is 150 cm³/mol. The van der Waals surface area contributed by atoms with E-state index in [1.807, 2.05) is 48.2 Å². The second kappa shape index (κ2) is 12.0. The number of carbonyl (C=O) groups excluding carboxylic acids is 1. The van der Waals surface area contributed by atoms with Gasteiger partial charge in [-0.05, 0) is 55.3 Å². The van der Waals surface area contributed by atoms with Gasteiger partial charge >= 0.3 is 0 Å². The summed E-state index contributed by atoms with van der Waals surface area (Å²) in [6.07, 6.45) is 1.12. The average Bonchev–Trinajstić information content (AvgIpc) is 3.33. The van der Waals surface area contributed by atoms with Gasteiger partial charge in [0.25, 0.3) is 0 Å². The molecule has 3 aromatic rings. The highest BCUT2D eigenvalue weighted by Gasteiger charge is 2.40. The van der Waals surface area contributed by atoms with Gasteiger partial charge in [0.1, 0.15) is 18.5 Å². The number of hydrogen-bond acceptors (Lipinski definition) is 5. The van der Waals surface area contributed by atoms with Gasteiger partial charge in [-0.3, -0.25) is 4.79 Å². The second-order valence-electron chi connectivity index (χ2n) is 9.78. The molecule has 2 fully saturated rings. The highest BCUT2D eigenvalue weighted by molar-refractivity contribution is 6.35. The lowest BCUT2D eigenvalue weighted by atomic mass is 10.1. The van der Waals surface area contributed by atoms with Crippen molar-refractivity contribution in [2.45, 2.75) is 31.7 Å². The molecule has 0 spiro atoms. The van der Waals surface area contributed by atoms with Crippen molar-refractivity contribution in [3.05, 3.63) is 94.0 Å². The van der Waals surface area contributed by atoms with Crippen molar-refractivity contribution in [1.82, 2.24) is 4.90 Å². The van der Waals surface area contributed by atoms with Crippen LogP contribution in [0, 0.1) is 0 Å². The summed E-state index contributed by atoms with van der Waals surface area (Å²) in [7, 11) is 0. The second-order valence-corrected chi connectivity index (χ2v) is 10.6. The number of rotatable bonds is 8. The molecule has 0 aromatic heterocycles. The molecular weight excluding hydrogens is 523 g/mol. The maximum atomic E-state index is 12.7. The van der Waals surface area contributed by atoms with Gasteiger partial charge in [-0.1, -0.05) is 59.6 Å². The molecule has 2 aliphatic rings. The van der Waals surface area contributed by atoms with Crippen LogP contribution in [0.2, 0.25) is 10.0 Å². The van der Waals surface area contributed by atoms with E-state index in [0.717, 1.165) is 49.6 Å². The molecule has 8 heteroatoms. The Bertz CT molecular complexity index is 1230. The summed E-state index contributed by atoms with van der Waals surface area (Å²) < 4.78 is 18.1. The van der Waals surface area contributed by atoms with E-state index in [9.17, 15) is 4.79 Å². The van der Waals surface area contributed by atoms with Gasteiger partial charge in [0, 0.05) is 48.9 Å². The Labute approximate surface area is 234 Å². The molecule has 0 N–H and O–H groups in total. The first-order valence-electron chi connectivity index (χ1n) is 13.0. The number of aryl methyl sites for hydroxylation is 1. The van der Waals surface area contributed by atoms with Gasteiger partial charge in [0.2, 0.25) is 5.91 Å². The highest BCUT2D eigenvalue weighted by Crippen LogP contribution is 2.38. The fourth-order valence-corrected chi connectivity index (χ4v) is 5.51. The minimum atomic E-state index is -0.940. The van der Waals surface area contributed by atoms with Crippen LogP contribution < -0.4 is 9.64 Å². The normalized spacial score (nSPS) is 21.5. The summed E-state index contributed by atoms with van der Waals surface area (Å²) in [5, 5.41) is 1.08. The van der Waals surface area contributed by atoms with Crippen LogP contribution in [0.1, 0.15) is 24.5 Å². The Morgan fingerprint density at radius 2 is 1.74 bits per heavy atom. The predicted octanol–water partition coefficient (Wildman–Crippen LogP) is 5.94. The van der Waals surface area contributed by atoms with Crippen LogP contribution in [-0.2, 0) is 26.5 Å². The van der Waals surface area contributed by atoms with Crippen molar-refractivity contribution in [3.8, 4) is 5.75 Å². The average molecular weight is 556 g/mol. The van der Waals surface area contributed by atoms with Gasteiger partial charge in [-0.2, -0.15) is 0 Å². The van der Waals surface area contributed by atoms with E-state index in [1.165, 1.54) is 5.56 Å². The van der Waals surface area contributed by atoms with Crippen LogP contribution in [-0.4, -0.2) is 56.3 Å². The summed E-state index contributed by atoms with van der Waals surface area (Å²) >= 11 is 12.4. The zero-order valence-electron chi connectivity index (χ0n) is 21.4. The van der Waals surface area contributed by atoms with E-state index >= 15 is 0 Å². The number of anilines is 1. The van der Waals surface area contributed by atoms with Crippen LogP contribution in [0.3, 0.4) is 0 Å². The fraction of sp³-hybridized carbons (Fsp3) is 0.367. The van der Waals surface area contributed by atoms with Gasteiger partial charge in [0.05, 0.1) is 11.6 Å². The van der Waals surface area contributed by atoms with Gasteiger partial charge in [-0.15, -0.1) is 0 Å². The van der Waals surface area contributed by atoms with E-state index in [1.54, 1.807) is 12.1 Å². The molecule has 0 saturated carbocycles. The van der Waals surface area contributed by atoms with Crippen molar-refractivity contribution in [1.29, 1.82) is 0 Å². The monoisotopic (exact) mass is 554 g/mol. The van der Waals surface area contributed by atoms with Crippen LogP contribution in [0.4, 0.5) is 5.69 Å². The summed E-state index contributed by atoms with van der Waals surface area (Å²) in [5.41, 5.74) is 3.07. The Morgan fingerprint density at radius 3 is 2.45 bits per heavy atom. The Morgan fingerprint density at radius 1 is 1.00 bits per heavy atom. The lowest BCUT2D eigenvalue weighted by molar-refractivity contribution is -0.164. The smallest absolute Gasteiger partial charge is 0.223 e. The molecule has 0 bridgehead atoms. The molecule has 2 atom stereocenters. The first kappa shape index (κ1) is 26.8. The number of hydrogen-bond donors (Lipinski definition) is 0. The zero-order chi connectivity index (χ0) is 26.5. The van der Waals surface area contributed by atoms with Crippen molar-refractivity contribution in [2.24, 2.45) is 0 Å². The van der Waals surface area contributed by atoms with Crippen molar-refractivity contribution in [3.63, 3.8) is 0 Å².